The van der Waals surface area contributed by atoms with Gasteiger partial charge in [0, 0.05) is 6.42 Å². The number of carbonyl (C=O) groups excluding carboxylic acids is 1. The lowest BCUT2D eigenvalue weighted by molar-refractivity contribution is -0.131. The van der Waals surface area contributed by atoms with Gasteiger partial charge in [-0.05, 0) is 31.5 Å². The van der Waals surface area contributed by atoms with Crippen LogP contribution in [0.1, 0.15) is 79.6 Å². The summed E-state index contributed by atoms with van der Waals surface area (Å²) in [4.78, 5) is 12.1. The van der Waals surface area contributed by atoms with Crippen LogP contribution in [0.3, 0.4) is 0 Å². The summed E-state index contributed by atoms with van der Waals surface area (Å²) in [5.41, 5.74) is 0. The summed E-state index contributed by atoms with van der Waals surface area (Å²) in [5.74, 6) is -0.0679. The summed E-state index contributed by atoms with van der Waals surface area (Å²) in [7, 11) is -1.94. The van der Waals surface area contributed by atoms with Crippen LogP contribution in [0.15, 0.2) is 0 Å². The lowest BCUT2D eigenvalue weighted by atomic mass is 10.0. The third-order valence-corrected chi connectivity index (χ3v) is 9.41. The van der Waals surface area contributed by atoms with Crippen molar-refractivity contribution >= 4 is 14.1 Å². The Morgan fingerprint density at radius 2 is 1.59 bits per heavy atom. The molecule has 0 bridgehead atoms. The highest BCUT2D eigenvalue weighted by Crippen LogP contribution is 2.37. The van der Waals surface area contributed by atoms with E-state index in [1.165, 1.54) is 25.7 Å². The zero-order valence-electron chi connectivity index (χ0n) is 15.9. The average molecular weight is 331 g/mol. The highest BCUT2D eigenvalue weighted by Gasteiger charge is 2.40. The van der Waals surface area contributed by atoms with Crippen LogP contribution in [-0.2, 0) is 9.22 Å². The molecule has 1 N–H and O–H groups in total. The van der Waals surface area contributed by atoms with Crippen LogP contribution >= 0.6 is 0 Å². The number of ketones is 1. The van der Waals surface area contributed by atoms with Crippen LogP contribution in [0.4, 0.5) is 0 Å². The van der Waals surface area contributed by atoms with Gasteiger partial charge in [0.2, 0.25) is 0 Å². The number of unbranched alkanes of at least 4 members (excludes halogenated alkanes) is 5. The molecule has 22 heavy (non-hydrogen) atoms. The fraction of sp³-hybridized carbons (Fsp3) is 0.944. The van der Waals surface area contributed by atoms with Crippen molar-refractivity contribution in [1.82, 2.24) is 0 Å². The molecule has 0 heterocycles. The van der Waals surface area contributed by atoms with Crippen LogP contribution < -0.4 is 0 Å². The first kappa shape index (κ1) is 21.8. The van der Waals surface area contributed by atoms with Gasteiger partial charge in [0.25, 0.3) is 0 Å². The Kier molecular flexibility index (Phi) is 9.75. The molecule has 0 aromatic carbocycles. The van der Waals surface area contributed by atoms with Gasteiger partial charge in [-0.2, -0.15) is 0 Å². The molecule has 0 radical (unpaired) electrons. The molecular formula is C18H38O3Si. The Morgan fingerprint density at radius 3 is 2.09 bits per heavy atom. The monoisotopic (exact) mass is 330 g/mol. The van der Waals surface area contributed by atoms with E-state index < -0.39 is 20.5 Å². The molecule has 0 aliphatic rings. The van der Waals surface area contributed by atoms with Crippen LogP contribution in [0.25, 0.3) is 0 Å². The van der Waals surface area contributed by atoms with Crippen molar-refractivity contribution < 1.29 is 14.3 Å². The Labute approximate surface area is 139 Å². The largest absolute Gasteiger partial charge is 0.411 e. The number of rotatable bonds is 11. The normalized spacial score (nSPS) is 15.6. The van der Waals surface area contributed by atoms with Crippen LogP contribution in [0.2, 0.25) is 18.1 Å². The van der Waals surface area contributed by atoms with E-state index in [2.05, 4.69) is 40.8 Å². The highest BCUT2D eigenvalue weighted by molar-refractivity contribution is 6.74. The van der Waals surface area contributed by atoms with Crippen LogP contribution in [-0.4, -0.2) is 31.4 Å². The molecule has 2 atom stereocenters. The second-order valence-electron chi connectivity index (χ2n) is 8.01. The zero-order chi connectivity index (χ0) is 17.4. The summed E-state index contributed by atoms with van der Waals surface area (Å²) in [6.07, 6.45) is 5.98. The molecule has 0 unspecified atom stereocenters. The smallest absolute Gasteiger partial charge is 0.192 e. The third kappa shape index (κ3) is 7.89. The number of hydrogen-bond donors (Lipinski definition) is 1. The Balaban J connectivity index is 4.17. The van der Waals surface area contributed by atoms with Crippen molar-refractivity contribution in [3.05, 3.63) is 0 Å². The molecule has 0 aromatic heterocycles. The van der Waals surface area contributed by atoms with Gasteiger partial charge in [-0.15, -0.1) is 0 Å². The molecule has 0 saturated heterocycles. The quantitative estimate of drug-likeness (QED) is 0.424. The van der Waals surface area contributed by atoms with Gasteiger partial charge in [0.05, 0.1) is 6.10 Å². The fourth-order valence-corrected chi connectivity index (χ4v) is 3.61. The van der Waals surface area contributed by atoms with Gasteiger partial charge in [-0.1, -0.05) is 59.8 Å². The van der Waals surface area contributed by atoms with Crippen molar-refractivity contribution in [2.24, 2.45) is 0 Å². The molecule has 0 amide bonds. The topological polar surface area (TPSA) is 46.5 Å². The Morgan fingerprint density at radius 1 is 1.09 bits per heavy atom. The minimum atomic E-state index is -1.94. The van der Waals surface area contributed by atoms with Gasteiger partial charge >= 0.3 is 0 Å². The van der Waals surface area contributed by atoms with Crippen molar-refractivity contribution in [3.63, 3.8) is 0 Å². The van der Waals surface area contributed by atoms with E-state index in [0.29, 0.717) is 6.42 Å². The maximum absolute atomic E-state index is 12.1. The van der Waals surface area contributed by atoms with E-state index in [-0.39, 0.29) is 10.8 Å². The number of aliphatic hydroxyl groups is 1. The Bertz CT molecular complexity index is 321. The molecule has 132 valence electrons. The molecular weight excluding hydrogens is 292 g/mol. The molecule has 0 aliphatic heterocycles. The third-order valence-electron chi connectivity index (χ3n) is 4.84. The second kappa shape index (κ2) is 9.84. The minimum Gasteiger partial charge on any atom is -0.411 e. The zero-order valence-corrected chi connectivity index (χ0v) is 16.9. The molecule has 4 heteroatoms. The first-order valence-corrected chi connectivity index (χ1v) is 11.8. The average Bonchev–Trinajstić information content (AvgIpc) is 2.39. The van der Waals surface area contributed by atoms with E-state index in [4.69, 9.17) is 4.43 Å². The van der Waals surface area contributed by atoms with E-state index in [0.717, 1.165) is 12.8 Å². The summed E-state index contributed by atoms with van der Waals surface area (Å²) in [6, 6.07) is 0. The van der Waals surface area contributed by atoms with E-state index in [1.807, 2.05) is 6.92 Å². The minimum absolute atomic E-state index is 0.0679. The van der Waals surface area contributed by atoms with Crippen molar-refractivity contribution in [3.8, 4) is 0 Å². The van der Waals surface area contributed by atoms with E-state index >= 15 is 0 Å². The molecule has 0 fully saturated rings. The van der Waals surface area contributed by atoms with Gasteiger partial charge in [-0.3, -0.25) is 4.79 Å². The first-order valence-electron chi connectivity index (χ1n) is 8.91. The molecule has 3 nitrogen and oxygen atoms in total. The highest BCUT2D eigenvalue weighted by atomic mass is 28.4. The predicted octanol–water partition coefficient (Wildman–Crippen LogP) is 5.08. The van der Waals surface area contributed by atoms with Crippen LogP contribution in [0, 0.1) is 0 Å². The van der Waals surface area contributed by atoms with Crippen molar-refractivity contribution in [2.45, 2.75) is 110 Å². The lowest BCUT2D eigenvalue weighted by Crippen LogP contribution is -2.47. The summed E-state index contributed by atoms with van der Waals surface area (Å²) >= 11 is 0. The fourth-order valence-electron chi connectivity index (χ4n) is 2.20. The maximum atomic E-state index is 12.1. The summed E-state index contributed by atoms with van der Waals surface area (Å²) in [6.45, 7) is 14.8. The van der Waals surface area contributed by atoms with Crippen LogP contribution in [0.5, 0.6) is 0 Å². The first-order chi connectivity index (χ1) is 10.0. The molecule has 0 aromatic rings. The van der Waals surface area contributed by atoms with Crippen molar-refractivity contribution in [2.75, 3.05) is 0 Å². The van der Waals surface area contributed by atoms with Gasteiger partial charge < -0.3 is 9.53 Å². The number of aliphatic hydroxyl groups excluding tert-OH is 1. The molecule has 0 spiro atoms. The van der Waals surface area contributed by atoms with Gasteiger partial charge in [-0.25, -0.2) is 0 Å². The molecule has 0 saturated carbocycles. The molecule has 0 rings (SSSR count). The molecule has 0 aliphatic carbocycles. The number of hydrogen-bond acceptors (Lipinski definition) is 3. The Hall–Kier alpha value is -0.193. The van der Waals surface area contributed by atoms with E-state index in [9.17, 15) is 9.90 Å². The number of Topliss-reactive ketones (excluding diaryl/α,β-unsaturated/α-hetero) is 1. The summed E-state index contributed by atoms with van der Waals surface area (Å²) in [5, 5.41) is 10.3. The maximum Gasteiger partial charge on any atom is 0.192 e. The number of carbonyl (C=O) groups is 1. The standard InChI is InChI=1S/C18H38O3Si/c1-8-9-10-11-12-13-14-16(19)17(20)15(2)21-22(6,7)18(3,4)5/h15,17,20H,8-14H2,1-7H3/t15-,17-/m0/s1. The van der Waals surface area contributed by atoms with Gasteiger partial charge in [0.1, 0.15) is 6.10 Å². The van der Waals surface area contributed by atoms with Crippen molar-refractivity contribution in [1.29, 1.82) is 0 Å². The predicted molar refractivity (Wildman–Crippen MR) is 96.8 cm³/mol. The van der Waals surface area contributed by atoms with Gasteiger partial charge in [0.15, 0.2) is 14.1 Å². The second-order valence-corrected chi connectivity index (χ2v) is 12.8. The summed E-state index contributed by atoms with van der Waals surface area (Å²) < 4.78 is 6.11. The SMILES string of the molecule is CCCCCCCCC(=O)[C@@H](O)[C@H](C)O[Si](C)(C)C(C)(C)C. The lowest BCUT2D eigenvalue weighted by Gasteiger charge is -2.39. The van der Waals surface area contributed by atoms with E-state index in [1.54, 1.807) is 0 Å².